The van der Waals surface area contributed by atoms with Gasteiger partial charge in [0.25, 0.3) is 0 Å². The van der Waals surface area contributed by atoms with Crippen molar-refractivity contribution in [1.29, 1.82) is 0 Å². The van der Waals surface area contributed by atoms with Crippen LogP contribution in [0.15, 0.2) is 54.6 Å². The Labute approximate surface area is 126 Å². The molecule has 2 aromatic carbocycles. The van der Waals surface area contributed by atoms with E-state index in [1.165, 1.54) is 18.4 Å². The summed E-state index contributed by atoms with van der Waals surface area (Å²) < 4.78 is 5.20. The van der Waals surface area contributed by atoms with Gasteiger partial charge in [0.05, 0.1) is 13.2 Å². The second-order valence-corrected chi connectivity index (χ2v) is 5.90. The molecule has 0 bridgehead atoms. The van der Waals surface area contributed by atoms with Crippen molar-refractivity contribution < 1.29 is 9.84 Å². The third-order valence-corrected chi connectivity index (χ3v) is 4.80. The van der Waals surface area contributed by atoms with Crippen LogP contribution in [0.1, 0.15) is 42.9 Å². The van der Waals surface area contributed by atoms with Crippen LogP contribution in [-0.2, 0) is 5.41 Å². The smallest absolute Gasteiger partial charge is 0.118 e. The second-order valence-electron chi connectivity index (χ2n) is 5.90. The molecule has 0 heterocycles. The van der Waals surface area contributed by atoms with E-state index in [4.69, 9.17) is 4.74 Å². The van der Waals surface area contributed by atoms with Gasteiger partial charge in [0.15, 0.2) is 0 Å². The number of ether oxygens (including phenoxy) is 1. The molecule has 2 nitrogen and oxygen atoms in total. The van der Waals surface area contributed by atoms with Gasteiger partial charge in [-0.25, -0.2) is 0 Å². The van der Waals surface area contributed by atoms with Crippen LogP contribution in [-0.4, -0.2) is 12.2 Å². The van der Waals surface area contributed by atoms with Crippen molar-refractivity contribution in [3.05, 3.63) is 65.7 Å². The Kier molecular flexibility index (Phi) is 3.98. The van der Waals surface area contributed by atoms with Gasteiger partial charge in [-0.3, -0.25) is 0 Å². The highest BCUT2D eigenvalue weighted by atomic mass is 16.5. The Balaban J connectivity index is 1.97. The van der Waals surface area contributed by atoms with E-state index < -0.39 is 6.10 Å². The van der Waals surface area contributed by atoms with Crippen LogP contribution in [0.5, 0.6) is 5.75 Å². The summed E-state index contributed by atoms with van der Waals surface area (Å²) in [6, 6.07) is 18.3. The number of hydrogen-bond donors (Lipinski definition) is 1. The molecule has 21 heavy (non-hydrogen) atoms. The Bertz CT molecular complexity index is 568. The Morgan fingerprint density at radius 2 is 1.57 bits per heavy atom. The highest BCUT2D eigenvalue weighted by Crippen LogP contribution is 2.49. The molecule has 0 radical (unpaired) electrons. The van der Waals surface area contributed by atoms with Crippen molar-refractivity contribution in [3.8, 4) is 5.75 Å². The minimum absolute atomic E-state index is 0.143. The maximum absolute atomic E-state index is 11.0. The molecule has 110 valence electrons. The fourth-order valence-electron chi connectivity index (χ4n) is 3.60. The van der Waals surface area contributed by atoms with Gasteiger partial charge in [-0.2, -0.15) is 0 Å². The molecule has 3 rings (SSSR count). The van der Waals surface area contributed by atoms with Crippen molar-refractivity contribution in [3.63, 3.8) is 0 Å². The lowest BCUT2D eigenvalue weighted by Gasteiger charge is -2.35. The largest absolute Gasteiger partial charge is 0.497 e. The predicted octanol–water partition coefficient (Wildman–Crippen LogP) is 4.24. The third-order valence-electron chi connectivity index (χ3n) is 4.80. The number of benzene rings is 2. The zero-order chi connectivity index (χ0) is 14.7. The molecule has 1 aliphatic rings. The van der Waals surface area contributed by atoms with Gasteiger partial charge in [0.1, 0.15) is 5.75 Å². The van der Waals surface area contributed by atoms with Crippen LogP contribution < -0.4 is 4.74 Å². The normalized spacial score (nSPS) is 18.4. The van der Waals surface area contributed by atoms with E-state index in [0.717, 1.165) is 24.2 Å². The van der Waals surface area contributed by atoms with Crippen LogP contribution in [0.2, 0.25) is 0 Å². The highest BCUT2D eigenvalue weighted by molar-refractivity contribution is 5.35. The van der Waals surface area contributed by atoms with Gasteiger partial charge in [0.2, 0.25) is 0 Å². The minimum Gasteiger partial charge on any atom is -0.497 e. The number of methoxy groups -OCH3 is 1. The molecule has 1 unspecified atom stereocenters. The van der Waals surface area contributed by atoms with E-state index in [2.05, 4.69) is 24.3 Å². The quantitative estimate of drug-likeness (QED) is 0.909. The first-order chi connectivity index (χ1) is 10.3. The summed E-state index contributed by atoms with van der Waals surface area (Å²) in [5.41, 5.74) is 2.09. The third kappa shape index (κ3) is 2.56. The fourth-order valence-corrected chi connectivity index (χ4v) is 3.60. The molecule has 1 saturated carbocycles. The Morgan fingerprint density at radius 1 is 0.952 bits per heavy atom. The lowest BCUT2D eigenvalue weighted by Crippen LogP contribution is -2.30. The first-order valence-corrected chi connectivity index (χ1v) is 7.64. The van der Waals surface area contributed by atoms with Gasteiger partial charge in [-0.05, 0) is 36.1 Å². The molecule has 1 fully saturated rings. The van der Waals surface area contributed by atoms with E-state index >= 15 is 0 Å². The first-order valence-electron chi connectivity index (χ1n) is 7.64. The molecule has 0 amide bonds. The topological polar surface area (TPSA) is 29.5 Å². The average molecular weight is 282 g/mol. The number of aliphatic hydroxyl groups is 1. The molecular weight excluding hydrogens is 260 g/mol. The highest BCUT2D eigenvalue weighted by Gasteiger charge is 2.42. The first kappa shape index (κ1) is 14.2. The zero-order valence-corrected chi connectivity index (χ0v) is 12.5. The summed E-state index contributed by atoms with van der Waals surface area (Å²) in [4.78, 5) is 0. The van der Waals surface area contributed by atoms with E-state index in [9.17, 15) is 5.11 Å². The van der Waals surface area contributed by atoms with Crippen LogP contribution in [0, 0.1) is 0 Å². The summed E-state index contributed by atoms with van der Waals surface area (Å²) in [5, 5.41) is 11.0. The standard InChI is InChI=1S/C19H22O2/c1-21-17-11-9-15(10-12-17)18(20)19(13-5-6-14-19)16-7-3-2-4-8-16/h2-4,7-12,18,20H,5-6,13-14H2,1H3. The van der Waals surface area contributed by atoms with Crippen molar-refractivity contribution in [2.24, 2.45) is 0 Å². The van der Waals surface area contributed by atoms with Crippen molar-refractivity contribution in [2.75, 3.05) is 7.11 Å². The zero-order valence-electron chi connectivity index (χ0n) is 12.5. The SMILES string of the molecule is COc1ccc(C(O)C2(c3ccccc3)CCCC2)cc1. The minimum atomic E-state index is -0.465. The molecule has 2 aromatic rings. The van der Waals surface area contributed by atoms with E-state index in [0.29, 0.717) is 0 Å². The van der Waals surface area contributed by atoms with E-state index in [-0.39, 0.29) is 5.41 Å². The molecular formula is C19H22O2. The Morgan fingerprint density at radius 3 is 2.14 bits per heavy atom. The summed E-state index contributed by atoms with van der Waals surface area (Å²) >= 11 is 0. The molecule has 1 aliphatic carbocycles. The maximum atomic E-state index is 11.0. The average Bonchev–Trinajstić information content (AvgIpc) is 3.06. The fraction of sp³-hybridized carbons (Fsp3) is 0.368. The second kappa shape index (κ2) is 5.90. The number of hydrogen-bond acceptors (Lipinski definition) is 2. The van der Waals surface area contributed by atoms with Gasteiger partial charge < -0.3 is 9.84 Å². The van der Waals surface area contributed by atoms with Crippen molar-refractivity contribution in [1.82, 2.24) is 0 Å². The molecule has 1 N–H and O–H groups in total. The van der Waals surface area contributed by atoms with Gasteiger partial charge in [-0.15, -0.1) is 0 Å². The predicted molar refractivity (Wildman–Crippen MR) is 84.5 cm³/mol. The summed E-state index contributed by atoms with van der Waals surface area (Å²) in [6.07, 6.45) is 3.99. The lowest BCUT2D eigenvalue weighted by atomic mass is 9.72. The summed E-state index contributed by atoms with van der Waals surface area (Å²) in [7, 11) is 1.66. The van der Waals surface area contributed by atoms with Crippen LogP contribution >= 0.6 is 0 Å². The Hall–Kier alpha value is -1.80. The molecule has 2 heteroatoms. The summed E-state index contributed by atoms with van der Waals surface area (Å²) in [6.45, 7) is 0. The van der Waals surface area contributed by atoms with Crippen LogP contribution in [0.3, 0.4) is 0 Å². The monoisotopic (exact) mass is 282 g/mol. The maximum Gasteiger partial charge on any atom is 0.118 e. The van der Waals surface area contributed by atoms with Gasteiger partial charge in [-0.1, -0.05) is 55.3 Å². The molecule has 0 spiro atoms. The van der Waals surface area contributed by atoms with Crippen molar-refractivity contribution in [2.45, 2.75) is 37.2 Å². The number of rotatable bonds is 4. The van der Waals surface area contributed by atoms with Crippen LogP contribution in [0.4, 0.5) is 0 Å². The van der Waals surface area contributed by atoms with Crippen LogP contribution in [0.25, 0.3) is 0 Å². The summed E-state index contributed by atoms with van der Waals surface area (Å²) in [5.74, 6) is 0.825. The number of aliphatic hydroxyl groups excluding tert-OH is 1. The lowest BCUT2D eigenvalue weighted by molar-refractivity contribution is 0.0822. The molecule has 0 saturated heterocycles. The van der Waals surface area contributed by atoms with E-state index in [1.54, 1.807) is 7.11 Å². The van der Waals surface area contributed by atoms with E-state index in [1.807, 2.05) is 30.3 Å². The van der Waals surface area contributed by atoms with Gasteiger partial charge in [0, 0.05) is 5.41 Å². The molecule has 1 atom stereocenters. The van der Waals surface area contributed by atoms with Crippen molar-refractivity contribution >= 4 is 0 Å². The molecule has 0 aliphatic heterocycles. The van der Waals surface area contributed by atoms with Gasteiger partial charge >= 0.3 is 0 Å². The molecule has 0 aromatic heterocycles.